The Balaban J connectivity index is 2.78. The molecule has 0 aromatic heterocycles. The van der Waals surface area contributed by atoms with E-state index in [0.717, 1.165) is 5.33 Å². The highest BCUT2D eigenvalue weighted by Crippen LogP contribution is 2.01. The van der Waals surface area contributed by atoms with Crippen molar-refractivity contribution in [1.82, 2.24) is 5.32 Å². The average Bonchev–Trinajstić information content (AvgIpc) is 2.21. The summed E-state index contributed by atoms with van der Waals surface area (Å²) in [7, 11) is 0. The van der Waals surface area contributed by atoms with Gasteiger partial charge >= 0.3 is 0 Å². The van der Waals surface area contributed by atoms with Gasteiger partial charge in [-0.25, -0.2) is 0 Å². The Morgan fingerprint density at radius 1 is 0.786 bits per heavy atom. The molecular weight excluding hydrogens is 238 g/mol. The molecule has 0 saturated carbocycles. The fourth-order valence-electron chi connectivity index (χ4n) is 1.50. The lowest BCUT2D eigenvalue weighted by atomic mass is 10.1. The van der Waals surface area contributed by atoms with Crippen molar-refractivity contribution in [2.24, 2.45) is 0 Å². The number of alkyl halides is 1. The van der Waals surface area contributed by atoms with Gasteiger partial charge in [0.25, 0.3) is 0 Å². The smallest absolute Gasteiger partial charge is 0.00313 e. The average molecular weight is 264 g/mol. The molecule has 0 aromatic carbocycles. The van der Waals surface area contributed by atoms with Crippen LogP contribution in [0.25, 0.3) is 0 Å². The van der Waals surface area contributed by atoms with Gasteiger partial charge in [-0.3, -0.25) is 0 Å². The lowest BCUT2D eigenvalue weighted by Crippen LogP contribution is -2.16. The first-order valence-electron chi connectivity index (χ1n) is 6.18. The van der Waals surface area contributed by atoms with E-state index in [1.807, 2.05) is 0 Å². The lowest BCUT2D eigenvalue weighted by molar-refractivity contribution is 0.565. The van der Waals surface area contributed by atoms with E-state index in [0.29, 0.717) is 0 Å². The first-order chi connectivity index (χ1) is 6.91. The lowest BCUT2D eigenvalue weighted by Gasteiger charge is -2.03. The van der Waals surface area contributed by atoms with Gasteiger partial charge in [0, 0.05) is 5.33 Å². The Labute approximate surface area is 98.2 Å². The zero-order valence-corrected chi connectivity index (χ0v) is 11.2. The van der Waals surface area contributed by atoms with Crippen molar-refractivity contribution in [1.29, 1.82) is 0 Å². The van der Waals surface area contributed by atoms with Gasteiger partial charge in [0.05, 0.1) is 0 Å². The highest BCUT2D eigenvalue weighted by atomic mass is 79.9. The largest absolute Gasteiger partial charge is 0.317 e. The van der Waals surface area contributed by atoms with Crippen LogP contribution in [0.15, 0.2) is 0 Å². The maximum atomic E-state index is 3.51. The van der Waals surface area contributed by atoms with Crippen molar-refractivity contribution in [2.75, 3.05) is 18.4 Å². The summed E-state index contributed by atoms with van der Waals surface area (Å²) >= 11 is 3.45. The Kier molecular flexibility index (Phi) is 13.9. The fourth-order valence-corrected chi connectivity index (χ4v) is 1.90. The number of hydrogen-bond donors (Lipinski definition) is 1. The predicted octanol–water partition coefficient (Wildman–Crippen LogP) is 4.11. The standard InChI is InChI=1S/C12H26BrN/c1-2-3-4-5-8-11-14-12-9-6-7-10-13/h14H,2-12H2,1H3. The molecule has 1 nitrogen and oxygen atoms in total. The summed E-state index contributed by atoms with van der Waals surface area (Å²) in [5.41, 5.74) is 0. The summed E-state index contributed by atoms with van der Waals surface area (Å²) in [6, 6.07) is 0. The minimum absolute atomic E-state index is 1.16. The molecule has 0 unspecified atom stereocenters. The molecular formula is C12H26BrN. The van der Waals surface area contributed by atoms with Crippen LogP contribution in [0.4, 0.5) is 0 Å². The second-order valence-electron chi connectivity index (χ2n) is 3.91. The number of unbranched alkanes of at least 4 members (excludes halogenated alkanes) is 6. The topological polar surface area (TPSA) is 12.0 Å². The van der Waals surface area contributed by atoms with Gasteiger partial charge < -0.3 is 5.32 Å². The summed E-state index contributed by atoms with van der Waals surface area (Å²) in [5, 5.41) is 4.66. The van der Waals surface area contributed by atoms with Crippen LogP contribution in [0.1, 0.15) is 58.3 Å². The first kappa shape index (κ1) is 14.4. The Morgan fingerprint density at radius 3 is 1.93 bits per heavy atom. The third-order valence-corrected chi connectivity index (χ3v) is 3.01. The number of rotatable bonds is 11. The fraction of sp³-hybridized carbons (Fsp3) is 1.00. The zero-order chi connectivity index (χ0) is 10.5. The van der Waals surface area contributed by atoms with Gasteiger partial charge in [-0.1, -0.05) is 55.0 Å². The van der Waals surface area contributed by atoms with Crippen LogP contribution < -0.4 is 5.32 Å². The number of hydrogen-bond acceptors (Lipinski definition) is 1. The van der Waals surface area contributed by atoms with Crippen molar-refractivity contribution >= 4 is 15.9 Å². The summed E-state index contributed by atoms with van der Waals surface area (Å²) in [6.07, 6.45) is 10.9. The highest BCUT2D eigenvalue weighted by molar-refractivity contribution is 9.09. The van der Waals surface area contributed by atoms with Gasteiger partial charge in [-0.15, -0.1) is 0 Å². The SMILES string of the molecule is CCCCCCCNCCCCCBr. The molecule has 1 N–H and O–H groups in total. The number of halogens is 1. The van der Waals surface area contributed by atoms with Gasteiger partial charge in [0.15, 0.2) is 0 Å². The third kappa shape index (κ3) is 12.4. The maximum Gasteiger partial charge on any atom is 0.00313 e. The molecule has 0 spiro atoms. The van der Waals surface area contributed by atoms with Crippen molar-refractivity contribution in [3.8, 4) is 0 Å². The Bertz CT molecular complexity index is 84.3. The van der Waals surface area contributed by atoms with Crippen LogP contribution >= 0.6 is 15.9 Å². The maximum absolute atomic E-state index is 3.51. The third-order valence-electron chi connectivity index (χ3n) is 2.44. The van der Waals surface area contributed by atoms with Crippen molar-refractivity contribution in [3.05, 3.63) is 0 Å². The van der Waals surface area contributed by atoms with E-state index in [9.17, 15) is 0 Å². The highest BCUT2D eigenvalue weighted by Gasteiger charge is 1.90. The molecule has 0 aromatic rings. The van der Waals surface area contributed by atoms with E-state index < -0.39 is 0 Å². The van der Waals surface area contributed by atoms with Crippen LogP contribution in [0.5, 0.6) is 0 Å². The molecule has 0 amide bonds. The summed E-state index contributed by atoms with van der Waals surface area (Å²) < 4.78 is 0. The van der Waals surface area contributed by atoms with Crippen molar-refractivity contribution in [3.63, 3.8) is 0 Å². The van der Waals surface area contributed by atoms with Crippen molar-refractivity contribution in [2.45, 2.75) is 58.3 Å². The molecule has 0 bridgehead atoms. The van der Waals surface area contributed by atoms with E-state index >= 15 is 0 Å². The van der Waals surface area contributed by atoms with Crippen LogP contribution in [0.2, 0.25) is 0 Å². The molecule has 0 radical (unpaired) electrons. The molecule has 0 fully saturated rings. The molecule has 0 aliphatic heterocycles. The van der Waals surface area contributed by atoms with Crippen molar-refractivity contribution < 1.29 is 0 Å². The quantitative estimate of drug-likeness (QED) is 0.437. The van der Waals surface area contributed by atoms with Gasteiger partial charge in [0.1, 0.15) is 0 Å². The van der Waals surface area contributed by atoms with E-state index in [4.69, 9.17) is 0 Å². The monoisotopic (exact) mass is 263 g/mol. The van der Waals surface area contributed by atoms with Gasteiger partial charge in [-0.05, 0) is 32.4 Å². The van der Waals surface area contributed by atoms with E-state index in [1.165, 1.54) is 64.5 Å². The van der Waals surface area contributed by atoms with E-state index in [2.05, 4.69) is 28.2 Å². The molecule has 0 aliphatic rings. The molecule has 0 saturated heterocycles. The second kappa shape index (κ2) is 13.4. The molecule has 2 heteroatoms. The zero-order valence-electron chi connectivity index (χ0n) is 9.66. The normalized spacial score (nSPS) is 10.7. The van der Waals surface area contributed by atoms with Crippen LogP contribution in [0, 0.1) is 0 Å². The second-order valence-corrected chi connectivity index (χ2v) is 4.71. The molecule has 14 heavy (non-hydrogen) atoms. The molecule has 0 aliphatic carbocycles. The summed E-state index contributed by atoms with van der Waals surface area (Å²) in [4.78, 5) is 0. The molecule has 86 valence electrons. The minimum atomic E-state index is 1.16. The molecule has 0 rings (SSSR count). The van der Waals surface area contributed by atoms with Crippen LogP contribution in [-0.2, 0) is 0 Å². The summed E-state index contributed by atoms with van der Waals surface area (Å²) in [5.74, 6) is 0. The minimum Gasteiger partial charge on any atom is -0.317 e. The van der Waals surface area contributed by atoms with Gasteiger partial charge in [0.2, 0.25) is 0 Å². The first-order valence-corrected chi connectivity index (χ1v) is 7.30. The van der Waals surface area contributed by atoms with Crippen LogP contribution in [0.3, 0.4) is 0 Å². The molecule has 0 heterocycles. The van der Waals surface area contributed by atoms with Crippen LogP contribution in [-0.4, -0.2) is 18.4 Å². The number of nitrogens with one attached hydrogen (secondary N) is 1. The Hall–Kier alpha value is 0.440. The predicted molar refractivity (Wildman–Crippen MR) is 69.3 cm³/mol. The van der Waals surface area contributed by atoms with E-state index in [1.54, 1.807) is 0 Å². The molecule has 0 atom stereocenters. The van der Waals surface area contributed by atoms with Gasteiger partial charge in [-0.2, -0.15) is 0 Å². The summed E-state index contributed by atoms with van der Waals surface area (Å²) in [6.45, 7) is 4.70. The Morgan fingerprint density at radius 2 is 1.36 bits per heavy atom. The van der Waals surface area contributed by atoms with E-state index in [-0.39, 0.29) is 0 Å².